The second kappa shape index (κ2) is 6.42. The van der Waals surface area contributed by atoms with Crippen LogP contribution in [0.4, 0.5) is 5.69 Å². The molecule has 0 heterocycles. The molecule has 0 spiro atoms. The molecule has 0 bridgehead atoms. The van der Waals surface area contributed by atoms with Crippen LogP contribution in [0.15, 0.2) is 42.5 Å². The van der Waals surface area contributed by atoms with E-state index in [1.807, 2.05) is 37.4 Å². The number of anilines is 1. The zero-order chi connectivity index (χ0) is 14.5. The average Bonchev–Trinajstić information content (AvgIpc) is 2.43. The lowest BCUT2D eigenvalue weighted by Gasteiger charge is -2.18. The van der Waals surface area contributed by atoms with Crippen LogP contribution in [0.5, 0.6) is 0 Å². The Hall–Kier alpha value is -2.02. The zero-order valence-electron chi connectivity index (χ0n) is 11.3. The van der Waals surface area contributed by atoms with Crippen LogP contribution in [0, 0.1) is 11.3 Å². The van der Waals surface area contributed by atoms with Gasteiger partial charge in [-0.15, -0.1) is 0 Å². The van der Waals surface area contributed by atoms with Crippen molar-refractivity contribution >= 4 is 17.3 Å². The van der Waals surface area contributed by atoms with Crippen molar-refractivity contribution in [3.63, 3.8) is 0 Å². The van der Waals surface area contributed by atoms with Crippen molar-refractivity contribution in [3.8, 4) is 6.07 Å². The van der Waals surface area contributed by atoms with E-state index in [0.29, 0.717) is 17.8 Å². The number of nitrogen functional groups attached to an aromatic ring is 1. The molecule has 3 nitrogen and oxygen atoms in total. The number of nitriles is 1. The minimum atomic E-state index is 0.679. The molecule has 0 aliphatic heterocycles. The monoisotopic (exact) mass is 285 g/mol. The molecule has 0 aromatic heterocycles. The summed E-state index contributed by atoms with van der Waals surface area (Å²) in [6.45, 7) is 1.46. The number of benzene rings is 2. The van der Waals surface area contributed by atoms with Crippen LogP contribution in [0.3, 0.4) is 0 Å². The molecule has 0 fully saturated rings. The number of halogens is 1. The van der Waals surface area contributed by atoms with E-state index in [1.54, 1.807) is 12.1 Å². The van der Waals surface area contributed by atoms with Gasteiger partial charge in [0.15, 0.2) is 0 Å². The van der Waals surface area contributed by atoms with Crippen molar-refractivity contribution in [2.75, 3.05) is 12.8 Å². The number of hydrogen-bond acceptors (Lipinski definition) is 3. The first-order valence-electron chi connectivity index (χ1n) is 6.30. The summed E-state index contributed by atoms with van der Waals surface area (Å²) < 4.78 is 0. The topological polar surface area (TPSA) is 53.0 Å². The quantitative estimate of drug-likeness (QED) is 0.876. The Morgan fingerprint density at radius 1 is 1.20 bits per heavy atom. The summed E-state index contributed by atoms with van der Waals surface area (Å²) in [5.74, 6) is 0. The van der Waals surface area contributed by atoms with Crippen LogP contribution in [0.1, 0.15) is 16.7 Å². The molecule has 2 rings (SSSR count). The standard InChI is InChI=1S/C16H16ClN3/c1-20(10-13-4-2-3-12(7-13)9-18)11-14-8-15(19)5-6-16(14)17/h2-8H,10-11,19H2,1H3. The maximum absolute atomic E-state index is 8.90. The summed E-state index contributed by atoms with van der Waals surface area (Å²) in [5.41, 5.74) is 9.28. The molecule has 0 aliphatic carbocycles. The first-order chi connectivity index (χ1) is 9.58. The Morgan fingerprint density at radius 3 is 2.75 bits per heavy atom. The molecular formula is C16H16ClN3. The van der Waals surface area contributed by atoms with Gasteiger partial charge in [0, 0.05) is 23.8 Å². The van der Waals surface area contributed by atoms with Crippen LogP contribution in [-0.2, 0) is 13.1 Å². The number of nitrogens with zero attached hydrogens (tertiary/aromatic N) is 2. The van der Waals surface area contributed by atoms with Gasteiger partial charge >= 0.3 is 0 Å². The molecule has 0 atom stereocenters. The molecular weight excluding hydrogens is 270 g/mol. The minimum absolute atomic E-state index is 0.679. The largest absolute Gasteiger partial charge is 0.399 e. The van der Waals surface area contributed by atoms with E-state index in [1.165, 1.54) is 0 Å². The molecule has 2 aromatic rings. The molecule has 2 N–H and O–H groups in total. The van der Waals surface area contributed by atoms with E-state index >= 15 is 0 Å². The number of rotatable bonds is 4. The van der Waals surface area contributed by atoms with Gasteiger partial charge in [-0.3, -0.25) is 4.90 Å². The highest BCUT2D eigenvalue weighted by Gasteiger charge is 2.06. The highest BCUT2D eigenvalue weighted by molar-refractivity contribution is 6.31. The third-order valence-electron chi connectivity index (χ3n) is 3.02. The highest BCUT2D eigenvalue weighted by Crippen LogP contribution is 2.20. The lowest BCUT2D eigenvalue weighted by molar-refractivity contribution is 0.319. The van der Waals surface area contributed by atoms with E-state index in [2.05, 4.69) is 11.0 Å². The second-order valence-corrected chi connectivity index (χ2v) is 5.24. The Bertz CT molecular complexity index is 646. The average molecular weight is 286 g/mol. The molecule has 102 valence electrons. The fourth-order valence-electron chi connectivity index (χ4n) is 2.11. The lowest BCUT2D eigenvalue weighted by atomic mass is 10.1. The summed E-state index contributed by atoms with van der Waals surface area (Å²) in [5, 5.41) is 9.62. The number of hydrogen-bond donors (Lipinski definition) is 1. The van der Waals surface area contributed by atoms with Gasteiger partial charge < -0.3 is 5.73 Å². The van der Waals surface area contributed by atoms with Gasteiger partial charge in [-0.25, -0.2) is 0 Å². The predicted molar refractivity (Wildman–Crippen MR) is 82.2 cm³/mol. The van der Waals surface area contributed by atoms with Crippen LogP contribution in [0.2, 0.25) is 5.02 Å². The van der Waals surface area contributed by atoms with Gasteiger partial charge in [-0.05, 0) is 48.5 Å². The van der Waals surface area contributed by atoms with Gasteiger partial charge in [0.2, 0.25) is 0 Å². The minimum Gasteiger partial charge on any atom is -0.399 e. The predicted octanol–water partition coefficient (Wildman–Crippen LogP) is 3.43. The van der Waals surface area contributed by atoms with Crippen LogP contribution in [0.25, 0.3) is 0 Å². The molecule has 0 aliphatic rings. The first kappa shape index (κ1) is 14.4. The smallest absolute Gasteiger partial charge is 0.0991 e. The fourth-order valence-corrected chi connectivity index (χ4v) is 2.29. The van der Waals surface area contributed by atoms with E-state index in [4.69, 9.17) is 22.6 Å². The van der Waals surface area contributed by atoms with Gasteiger partial charge in [-0.1, -0.05) is 23.7 Å². The maximum Gasteiger partial charge on any atom is 0.0991 e. The summed E-state index contributed by atoms with van der Waals surface area (Å²) in [6, 6.07) is 15.3. The van der Waals surface area contributed by atoms with Crippen molar-refractivity contribution in [3.05, 3.63) is 64.2 Å². The molecule has 0 unspecified atom stereocenters. The normalized spacial score (nSPS) is 10.5. The van der Waals surface area contributed by atoms with Crippen molar-refractivity contribution < 1.29 is 0 Å². The summed E-state index contributed by atoms with van der Waals surface area (Å²) in [6.07, 6.45) is 0. The zero-order valence-corrected chi connectivity index (χ0v) is 12.1. The van der Waals surface area contributed by atoms with Gasteiger partial charge in [-0.2, -0.15) is 5.26 Å². The van der Waals surface area contributed by atoms with Crippen molar-refractivity contribution in [2.45, 2.75) is 13.1 Å². The third kappa shape index (κ3) is 3.74. The summed E-state index contributed by atoms with van der Waals surface area (Å²) in [4.78, 5) is 2.14. The van der Waals surface area contributed by atoms with E-state index < -0.39 is 0 Å². The van der Waals surface area contributed by atoms with Gasteiger partial charge in [0.25, 0.3) is 0 Å². The Labute approximate surface area is 124 Å². The van der Waals surface area contributed by atoms with Crippen molar-refractivity contribution in [2.24, 2.45) is 0 Å². The van der Waals surface area contributed by atoms with Crippen molar-refractivity contribution in [1.82, 2.24) is 4.90 Å². The Morgan fingerprint density at radius 2 is 2.00 bits per heavy atom. The molecule has 0 saturated carbocycles. The number of nitrogens with two attached hydrogens (primary N) is 1. The van der Waals surface area contributed by atoms with Crippen molar-refractivity contribution in [1.29, 1.82) is 5.26 Å². The van der Waals surface area contributed by atoms with Crippen LogP contribution >= 0.6 is 11.6 Å². The third-order valence-corrected chi connectivity index (χ3v) is 3.39. The summed E-state index contributed by atoms with van der Waals surface area (Å²) in [7, 11) is 2.01. The fraction of sp³-hybridized carbons (Fsp3) is 0.188. The van der Waals surface area contributed by atoms with Gasteiger partial charge in [0.05, 0.1) is 11.6 Å². The molecule has 0 amide bonds. The lowest BCUT2D eigenvalue weighted by Crippen LogP contribution is -2.17. The van der Waals surface area contributed by atoms with E-state index in [0.717, 1.165) is 22.7 Å². The molecule has 20 heavy (non-hydrogen) atoms. The Balaban J connectivity index is 2.07. The summed E-state index contributed by atoms with van der Waals surface area (Å²) >= 11 is 6.17. The Kier molecular flexibility index (Phi) is 4.62. The SMILES string of the molecule is CN(Cc1cccc(C#N)c1)Cc1cc(N)ccc1Cl. The van der Waals surface area contributed by atoms with E-state index in [9.17, 15) is 0 Å². The maximum atomic E-state index is 8.90. The second-order valence-electron chi connectivity index (χ2n) is 4.84. The molecule has 2 aromatic carbocycles. The molecule has 0 saturated heterocycles. The van der Waals surface area contributed by atoms with E-state index in [-0.39, 0.29) is 0 Å². The van der Waals surface area contributed by atoms with Gasteiger partial charge in [0.1, 0.15) is 0 Å². The molecule has 4 heteroatoms. The first-order valence-corrected chi connectivity index (χ1v) is 6.68. The van der Waals surface area contributed by atoms with Crippen LogP contribution < -0.4 is 5.73 Å². The van der Waals surface area contributed by atoms with Crippen LogP contribution in [-0.4, -0.2) is 11.9 Å². The highest BCUT2D eigenvalue weighted by atomic mass is 35.5. The molecule has 0 radical (unpaired) electrons.